The van der Waals surface area contributed by atoms with Crippen LogP contribution in [0.1, 0.15) is 39.2 Å². The molecule has 1 aromatic rings. The largest absolute Gasteiger partial charge is 0.497 e. The Labute approximate surface area is 187 Å². The molecule has 9 heteroatoms. The van der Waals surface area contributed by atoms with Crippen LogP contribution in [0.15, 0.2) is 24.3 Å². The Morgan fingerprint density at radius 1 is 1.10 bits per heavy atom. The van der Waals surface area contributed by atoms with Gasteiger partial charge in [0.25, 0.3) is 0 Å². The van der Waals surface area contributed by atoms with Gasteiger partial charge < -0.3 is 20.5 Å². The molecule has 0 heterocycles. The molecule has 3 N–H and O–H groups in total. The van der Waals surface area contributed by atoms with E-state index in [-0.39, 0.29) is 29.8 Å². The maximum Gasteiger partial charge on any atom is 0.304 e. The molecule has 0 aliphatic heterocycles. The second-order valence-electron chi connectivity index (χ2n) is 7.71. The zero-order valence-corrected chi connectivity index (χ0v) is 19.5. The number of hydrogen-bond donors (Lipinski definition) is 3. The molecule has 1 rings (SSSR count). The summed E-state index contributed by atoms with van der Waals surface area (Å²) in [5.74, 6) is -1.83. The molecule has 0 radical (unpaired) electrons. The molecule has 0 unspecified atom stereocenters. The first-order chi connectivity index (χ1) is 14.6. The maximum atomic E-state index is 13.2. The van der Waals surface area contributed by atoms with Gasteiger partial charge in [-0.25, -0.2) is 0 Å². The van der Waals surface area contributed by atoms with Gasteiger partial charge in [-0.05, 0) is 30.0 Å². The van der Waals surface area contributed by atoms with Crippen molar-refractivity contribution in [2.24, 2.45) is 11.8 Å². The van der Waals surface area contributed by atoms with Gasteiger partial charge in [-0.1, -0.05) is 37.7 Å². The van der Waals surface area contributed by atoms with E-state index < -0.39 is 29.1 Å². The van der Waals surface area contributed by atoms with Gasteiger partial charge in [-0.3, -0.25) is 19.2 Å². The van der Waals surface area contributed by atoms with E-state index in [1.807, 2.05) is 26.0 Å². The van der Waals surface area contributed by atoms with Crippen LogP contribution in [0.4, 0.5) is 0 Å². The number of hydrogen-bond acceptors (Lipinski definition) is 6. The minimum Gasteiger partial charge on any atom is -0.497 e. The van der Waals surface area contributed by atoms with Gasteiger partial charge in [-0.2, -0.15) is 0 Å². The molecule has 0 aliphatic carbocycles. The molecule has 0 aliphatic rings. The second-order valence-corrected chi connectivity index (χ2v) is 9.13. The third-order valence-corrected chi connectivity index (χ3v) is 5.81. The Morgan fingerprint density at radius 3 is 2.16 bits per heavy atom. The topological polar surface area (TPSA) is 122 Å². The highest BCUT2D eigenvalue weighted by Crippen LogP contribution is 2.29. The van der Waals surface area contributed by atoms with Crippen molar-refractivity contribution in [3.63, 3.8) is 0 Å². The highest BCUT2D eigenvalue weighted by atomic mass is 32.2. The summed E-state index contributed by atoms with van der Waals surface area (Å²) in [5, 5.41) is 13.6. The number of thioether (sulfide) groups is 1. The van der Waals surface area contributed by atoms with Gasteiger partial charge in [0, 0.05) is 25.6 Å². The zero-order chi connectivity index (χ0) is 23.6. The van der Waals surface area contributed by atoms with Crippen LogP contribution in [0.25, 0.3) is 0 Å². The predicted octanol–water partition coefficient (Wildman–Crippen LogP) is 2.25. The number of carboxylic acids is 1. The molecule has 172 valence electrons. The van der Waals surface area contributed by atoms with Crippen LogP contribution in [0.5, 0.6) is 5.75 Å². The van der Waals surface area contributed by atoms with E-state index in [4.69, 9.17) is 4.74 Å². The molecular formula is C22H32N2O6S. The average molecular weight is 453 g/mol. The van der Waals surface area contributed by atoms with Crippen LogP contribution in [0.3, 0.4) is 0 Å². The van der Waals surface area contributed by atoms with Crippen molar-refractivity contribution in [1.29, 1.82) is 0 Å². The summed E-state index contributed by atoms with van der Waals surface area (Å²) in [6.45, 7) is 5.19. The highest BCUT2D eigenvalue weighted by Gasteiger charge is 2.34. The Balaban J connectivity index is 3.10. The fourth-order valence-corrected chi connectivity index (χ4v) is 4.30. The SMILES string of the molecule is CNC(=O)[C@H](Cc1ccc(OC)cc1)NC(=O)[C@H](CC(C)C)[C@H](CC(=O)O)SC(C)=O. The number of carbonyl (C=O) groups excluding carboxylic acids is 3. The smallest absolute Gasteiger partial charge is 0.304 e. The normalized spacial score (nSPS) is 13.7. The second kappa shape index (κ2) is 13.0. The lowest BCUT2D eigenvalue weighted by atomic mass is 9.91. The molecule has 0 bridgehead atoms. The van der Waals surface area contributed by atoms with E-state index in [0.717, 1.165) is 17.3 Å². The van der Waals surface area contributed by atoms with Crippen molar-refractivity contribution in [1.82, 2.24) is 10.6 Å². The Bertz CT molecular complexity index is 750. The number of aliphatic carboxylic acids is 1. The van der Waals surface area contributed by atoms with Crippen molar-refractivity contribution >= 4 is 34.7 Å². The number of rotatable bonds is 12. The summed E-state index contributed by atoms with van der Waals surface area (Å²) in [6, 6.07) is 6.32. The Kier molecular flexibility index (Phi) is 11.1. The number of carbonyl (C=O) groups is 4. The van der Waals surface area contributed by atoms with Crippen molar-refractivity contribution in [2.75, 3.05) is 14.2 Å². The van der Waals surface area contributed by atoms with Gasteiger partial charge >= 0.3 is 5.97 Å². The molecule has 31 heavy (non-hydrogen) atoms. The number of benzene rings is 1. The van der Waals surface area contributed by atoms with Crippen molar-refractivity contribution in [3.8, 4) is 5.75 Å². The van der Waals surface area contributed by atoms with Crippen LogP contribution in [-0.2, 0) is 25.6 Å². The number of amides is 2. The number of ether oxygens (including phenoxy) is 1. The van der Waals surface area contributed by atoms with Crippen LogP contribution >= 0.6 is 11.8 Å². The minimum absolute atomic E-state index is 0.0969. The lowest BCUT2D eigenvalue weighted by molar-refractivity contribution is -0.137. The van der Waals surface area contributed by atoms with E-state index >= 15 is 0 Å². The molecule has 8 nitrogen and oxygen atoms in total. The van der Waals surface area contributed by atoms with E-state index in [1.165, 1.54) is 14.0 Å². The molecule has 0 saturated carbocycles. The minimum atomic E-state index is -1.08. The van der Waals surface area contributed by atoms with Gasteiger partial charge in [0.2, 0.25) is 11.8 Å². The molecule has 0 fully saturated rings. The number of carboxylic acid groups (broad SMARTS) is 1. The van der Waals surface area contributed by atoms with E-state index in [1.54, 1.807) is 19.2 Å². The van der Waals surface area contributed by atoms with E-state index in [2.05, 4.69) is 10.6 Å². The molecular weight excluding hydrogens is 420 g/mol. The molecule has 1 aromatic carbocycles. The summed E-state index contributed by atoms with van der Waals surface area (Å²) in [7, 11) is 3.05. The fourth-order valence-electron chi connectivity index (χ4n) is 3.25. The quantitative estimate of drug-likeness (QED) is 0.445. The first-order valence-corrected chi connectivity index (χ1v) is 11.0. The Morgan fingerprint density at radius 2 is 1.71 bits per heavy atom. The van der Waals surface area contributed by atoms with Gasteiger partial charge in [0.15, 0.2) is 5.12 Å². The van der Waals surface area contributed by atoms with Crippen LogP contribution in [0.2, 0.25) is 0 Å². The Hall–Kier alpha value is -2.55. The van der Waals surface area contributed by atoms with E-state index in [0.29, 0.717) is 12.2 Å². The third kappa shape index (κ3) is 9.42. The summed E-state index contributed by atoms with van der Waals surface area (Å²) >= 11 is 0.861. The fraction of sp³-hybridized carbons (Fsp3) is 0.545. The molecule has 2 amide bonds. The summed E-state index contributed by atoms with van der Waals surface area (Å²) in [4.78, 5) is 48.6. The number of methoxy groups -OCH3 is 1. The average Bonchev–Trinajstić information content (AvgIpc) is 2.70. The van der Waals surface area contributed by atoms with Crippen LogP contribution < -0.4 is 15.4 Å². The van der Waals surface area contributed by atoms with Crippen molar-refractivity contribution in [3.05, 3.63) is 29.8 Å². The summed E-state index contributed by atoms with van der Waals surface area (Å²) < 4.78 is 5.14. The maximum absolute atomic E-state index is 13.2. The molecule has 3 atom stereocenters. The summed E-state index contributed by atoms with van der Waals surface area (Å²) in [5.41, 5.74) is 0.829. The van der Waals surface area contributed by atoms with Gasteiger partial charge in [0.05, 0.1) is 19.4 Å². The lowest BCUT2D eigenvalue weighted by Crippen LogP contribution is -2.50. The first-order valence-electron chi connectivity index (χ1n) is 10.1. The van der Waals surface area contributed by atoms with Gasteiger partial charge in [0.1, 0.15) is 11.8 Å². The van der Waals surface area contributed by atoms with Crippen molar-refractivity contribution in [2.45, 2.75) is 51.3 Å². The number of likely N-dealkylation sites (N-methyl/N-ethyl adjacent to an activating group) is 1. The van der Waals surface area contributed by atoms with Crippen LogP contribution in [0, 0.1) is 11.8 Å². The highest BCUT2D eigenvalue weighted by molar-refractivity contribution is 8.14. The first kappa shape index (κ1) is 26.5. The summed E-state index contributed by atoms with van der Waals surface area (Å²) in [6.07, 6.45) is 0.332. The van der Waals surface area contributed by atoms with Crippen molar-refractivity contribution < 1.29 is 29.0 Å². The third-order valence-electron chi connectivity index (χ3n) is 4.68. The van der Waals surface area contributed by atoms with Crippen LogP contribution in [-0.4, -0.2) is 53.5 Å². The molecule has 0 aromatic heterocycles. The standard InChI is InChI=1S/C22H32N2O6S/c1-13(2)10-17(19(12-20(26)27)31-14(3)25)21(28)24-18(22(29)23-4)11-15-6-8-16(30-5)9-7-15/h6-9,13,17-19H,10-12H2,1-5H3,(H,23,29)(H,24,28)(H,26,27)/t17-,18+,19+/m1/s1. The predicted molar refractivity (Wildman–Crippen MR) is 120 cm³/mol. The zero-order valence-electron chi connectivity index (χ0n) is 18.6. The van der Waals surface area contributed by atoms with E-state index in [9.17, 15) is 24.3 Å². The number of nitrogens with one attached hydrogen (secondary N) is 2. The monoisotopic (exact) mass is 452 g/mol. The molecule has 0 spiro atoms. The van der Waals surface area contributed by atoms with Gasteiger partial charge in [-0.15, -0.1) is 0 Å². The lowest BCUT2D eigenvalue weighted by Gasteiger charge is -2.27. The molecule has 0 saturated heterocycles.